The fourth-order valence-corrected chi connectivity index (χ4v) is 2.72. The van der Waals surface area contributed by atoms with E-state index >= 15 is 0 Å². The maximum atomic E-state index is 9.80. The van der Waals surface area contributed by atoms with Gasteiger partial charge in [0.2, 0.25) is 0 Å². The third kappa shape index (κ3) is 3.39. The molecule has 1 saturated carbocycles. The maximum Gasteiger partial charge on any atom is 0.119 e. The summed E-state index contributed by atoms with van der Waals surface area (Å²) in [5.74, 6) is 2.09. The fourth-order valence-electron chi connectivity index (χ4n) is 2.72. The van der Waals surface area contributed by atoms with Gasteiger partial charge in [-0.1, -0.05) is 32.1 Å². The summed E-state index contributed by atoms with van der Waals surface area (Å²) in [5, 5.41) is 9.80. The molecule has 1 aromatic carbocycles. The molecular formula is C15H22O2. The van der Waals surface area contributed by atoms with Crippen molar-refractivity contribution in [3.8, 4) is 11.5 Å². The van der Waals surface area contributed by atoms with Gasteiger partial charge in [-0.05, 0) is 42.5 Å². The van der Waals surface area contributed by atoms with Crippen LogP contribution in [0.15, 0.2) is 18.2 Å². The number of hydrogen-bond acceptors (Lipinski definition) is 2. The summed E-state index contributed by atoms with van der Waals surface area (Å²) in [4.78, 5) is 0. The third-order valence-corrected chi connectivity index (χ3v) is 3.83. The summed E-state index contributed by atoms with van der Waals surface area (Å²) in [5.41, 5.74) is 1.02. The Morgan fingerprint density at radius 1 is 1.24 bits per heavy atom. The minimum Gasteiger partial charge on any atom is -0.508 e. The molecule has 94 valence electrons. The second kappa shape index (κ2) is 5.95. The van der Waals surface area contributed by atoms with Crippen LogP contribution in [0.4, 0.5) is 0 Å². The summed E-state index contributed by atoms with van der Waals surface area (Å²) < 4.78 is 5.19. The normalized spacial score (nSPS) is 17.0. The Morgan fingerprint density at radius 3 is 2.71 bits per heavy atom. The third-order valence-electron chi connectivity index (χ3n) is 3.83. The zero-order valence-corrected chi connectivity index (χ0v) is 10.6. The van der Waals surface area contributed by atoms with Crippen LogP contribution in [0.3, 0.4) is 0 Å². The Morgan fingerprint density at radius 2 is 2.00 bits per heavy atom. The van der Waals surface area contributed by atoms with E-state index in [9.17, 15) is 5.11 Å². The molecule has 2 nitrogen and oxygen atoms in total. The summed E-state index contributed by atoms with van der Waals surface area (Å²) in [6, 6.07) is 5.49. The molecule has 0 saturated heterocycles. The van der Waals surface area contributed by atoms with Gasteiger partial charge in [0.15, 0.2) is 0 Å². The highest BCUT2D eigenvalue weighted by Crippen LogP contribution is 2.30. The molecule has 1 N–H and O–H groups in total. The largest absolute Gasteiger partial charge is 0.508 e. The smallest absolute Gasteiger partial charge is 0.119 e. The van der Waals surface area contributed by atoms with Gasteiger partial charge in [0.1, 0.15) is 11.5 Å². The van der Waals surface area contributed by atoms with Gasteiger partial charge in [0.25, 0.3) is 0 Å². The molecule has 2 rings (SSSR count). The number of methoxy groups -OCH3 is 1. The Balaban J connectivity index is 1.92. The Labute approximate surface area is 104 Å². The first kappa shape index (κ1) is 12.3. The molecule has 1 fully saturated rings. The molecule has 2 heteroatoms. The van der Waals surface area contributed by atoms with Crippen molar-refractivity contribution >= 4 is 0 Å². The topological polar surface area (TPSA) is 29.5 Å². The molecule has 1 aromatic rings. The van der Waals surface area contributed by atoms with Gasteiger partial charge in [-0.2, -0.15) is 0 Å². The molecular weight excluding hydrogens is 212 g/mol. The molecule has 0 aromatic heterocycles. The summed E-state index contributed by atoms with van der Waals surface area (Å²) in [7, 11) is 1.66. The number of aryl methyl sites for hydroxylation is 1. The van der Waals surface area contributed by atoms with Crippen molar-refractivity contribution in [2.24, 2.45) is 5.92 Å². The van der Waals surface area contributed by atoms with Crippen LogP contribution < -0.4 is 4.74 Å². The first-order valence-electron chi connectivity index (χ1n) is 6.65. The quantitative estimate of drug-likeness (QED) is 0.855. The zero-order chi connectivity index (χ0) is 12.1. The van der Waals surface area contributed by atoms with Gasteiger partial charge in [-0.15, -0.1) is 0 Å². The molecule has 0 aliphatic heterocycles. The molecule has 0 amide bonds. The highest BCUT2D eigenvalue weighted by Gasteiger charge is 2.14. The summed E-state index contributed by atoms with van der Waals surface area (Å²) in [6.45, 7) is 0. The number of phenols is 1. The van der Waals surface area contributed by atoms with Gasteiger partial charge in [-0.3, -0.25) is 0 Å². The Hall–Kier alpha value is -1.18. The monoisotopic (exact) mass is 234 g/mol. The predicted octanol–water partition coefficient (Wildman–Crippen LogP) is 3.91. The molecule has 1 aliphatic carbocycles. The first-order chi connectivity index (χ1) is 8.29. The molecule has 0 heterocycles. The summed E-state index contributed by atoms with van der Waals surface area (Å²) >= 11 is 0. The van der Waals surface area contributed by atoms with Crippen LogP contribution in [0.5, 0.6) is 11.5 Å². The van der Waals surface area contributed by atoms with Gasteiger partial charge < -0.3 is 9.84 Å². The van der Waals surface area contributed by atoms with E-state index in [0.717, 1.165) is 23.7 Å². The van der Waals surface area contributed by atoms with E-state index in [4.69, 9.17) is 4.74 Å². The van der Waals surface area contributed by atoms with Gasteiger partial charge in [0.05, 0.1) is 7.11 Å². The van der Waals surface area contributed by atoms with Crippen molar-refractivity contribution in [2.75, 3.05) is 7.11 Å². The van der Waals surface area contributed by atoms with Crippen molar-refractivity contribution in [1.82, 2.24) is 0 Å². The molecule has 0 atom stereocenters. The number of ether oxygens (including phenoxy) is 1. The number of phenolic OH excluding ortho intramolecular Hbond substituents is 1. The maximum absolute atomic E-state index is 9.80. The van der Waals surface area contributed by atoms with Gasteiger partial charge in [-0.25, -0.2) is 0 Å². The van der Waals surface area contributed by atoms with Crippen LogP contribution >= 0.6 is 0 Å². The molecule has 1 aliphatic rings. The molecule has 0 bridgehead atoms. The average molecular weight is 234 g/mol. The van der Waals surface area contributed by atoms with E-state index in [1.54, 1.807) is 19.2 Å². The minimum absolute atomic E-state index is 0.404. The molecule has 0 radical (unpaired) electrons. The Bertz CT molecular complexity index is 354. The number of aromatic hydroxyl groups is 1. The highest BCUT2D eigenvalue weighted by molar-refractivity contribution is 5.39. The highest BCUT2D eigenvalue weighted by atomic mass is 16.5. The van der Waals surface area contributed by atoms with Crippen LogP contribution in [-0.4, -0.2) is 12.2 Å². The average Bonchev–Trinajstić information content (AvgIpc) is 2.39. The lowest BCUT2D eigenvalue weighted by molar-refractivity contribution is 0.337. The lowest BCUT2D eigenvalue weighted by atomic mass is 9.85. The van der Waals surface area contributed by atoms with E-state index in [1.807, 2.05) is 6.07 Å². The molecule has 0 spiro atoms. The molecule has 17 heavy (non-hydrogen) atoms. The van der Waals surface area contributed by atoms with Crippen LogP contribution in [0.1, 0.15) is 44.1 Å². The van der Waals surface area contributed by atoms with Crippen LogP contribution in [-0.2, 0) is 6.42 Å². The summed E-state index contributed by atoms with van der Waals surface area (Å²) in [6.07, 6.45) is 9.06. The SMILES string of the molecule is COc1ccc(O)c(CCC2CCCCC2)c1. The van der Waals surface area contributed by atoms with Crippen molar-refractivity contribution in [3.05, 3.63) is 23.8 Å². The zero-order valence-electron chi connectivity index (χ0n) is 10.6. The van der Waals surface area contributed by atoms with Crippen molar-refractivity contribution < 1.29 is 9.84 Å². The van der Waals surface area contributed by atoms with Crippen molar-refractivity contribution in [3.63, 3.8) is 0 Å². The second-order valence-corrected chi connectivity index (χ2v) is 5.04. The second-order valence-electron chi connectivity index (χ2n) is 5.04. The van der Waals surface area contributed by atoms with E-state index in [0.29, 0.717) is 5.75 Å². The van der Waals surface area contributed by atoms with E-state index in [-0.39, 0.29) is 0 Å². The van der Waals surface area contributed by atoms with Gasteiger partial charge in [0, 0.05) is 0 Å². The van der Waals surface area contributed by atoms with Crippen LogP contribution in [0, 0.1) is 5.92 Å². The van der Waals surface area contributed by atoms with Crippen molar-refractivity contribution in [2.45, 2.75) is 44.9 Å². The van der Waals surface area contributed by atoms with E-state index in [1.165, 1.54) is 38.5 Å². The number of hydrogen-bond donors (Lipinski definition) is 1. The number of benzene rings is 1. The van der Waals surface area contributed by atoms with E-state index < -0.39 is 0 Å². The predicted molar refractivity (Wildman–Crippen MR) is 69.6 cm³/mol. The van der Waals surface area contributed by atoms with E-state index in [2.05, 4.69) is 0 Å². The minimum atomic E-state index is 0.404. The number of rotatable bonds is 4. The standard InChI is InChI=1S/C15H22O2/c1-17-14-9-10-15(16)13(11-14)8-7-12-5-3-2-4-6-12/h9-12,16H,2-8H2,1H3. The van der Waals surface area contributed by atoms with Gasteiger partial charge >= 0.3 is 0 Å². The first-order valence-corrected chi connectivity index (χ1v) is 6.65. The lowest BCUT2D eigenvalue weighted by Crippen LogP contribution is -2.07. The van der Waals surface area contributed by atoms with Crippen LogP contribution in [0.2, 0.25) is 0 Å². The molecule has 0 unspecified atom stereocenters. The lowest BCUT2D eigenvalue weighted by Gasteiger charge is -2.21. The van der Waals surface area contributed by atoms with Crippen molar-refractivity contribution in [1.29, 1.82) is 0 Å². The Kier molecular flexibility index (Phi) is 4.29. The van der Waals surface area contributed by atoms with Crippen LogP contribution in [0.25, 0.3) is 0 Å². The fraction of sp³-hybridized carbons (Fsp3) is 0.600.